The Balaban J connectivity index is 2.20. The zero-order valence-electron chi connectivity index (χ0n) is 16.1. The monoisotopic (exact) mass is 441 g/mol. The molecule has 2 aromatic heterocycles. The highest BCUT2D eigenvalue weighted by Gasteiger charge is 2.32. The summed E-state index contributed by atoms with van der Waals surface area (Å²) >= 11 is 0. The second-order valence-electron chi connectivity index (χ2n) is 6.19. The Morgan fingerprint density at radius 2 is 1.97 bits per heavy atom. The van der Waals surface area contributed by atoms with Gasteiger partial charge in [0.05, 0.1) is 41.9 Å². The molecule has 13 heteroatoms. The summed E-state index contributed by atoms with van der Waals surface area (Å²) in [5.74, 6) is -3.23. The number of alkyl halides is 3. The number of ether oxygens (including phenoxy) is 1. The lowest BCUT2D eigenvalue weighted by Gasteiger charge is -2.26. The molecule has 2 heterocycles. The minimum absolute atomic E-state index is 0.0107. The summed E-state index contributed by atoms with van der Waals surface area (Å²) < 4.78 is 42.8. The van der Waals surface area contributed by atoms with Crippen LogP contribution in [-0.4, -0.2) is 57.6 Å². The van der Waals surface area contributed by atoms with Crippen LogP contribution in [0.1, 0.15) is 21.6 Å². The molecule has 0 spiro atoms. The summed E-state index contributed by atoms with van der Waals surface area (Å²) in [5.41, 5.74) is 4.09. The van der Waals surface area contributed by atoms with Crippen LogP contribution in [-0.2, 0) is 27.0 Å². The summed E-state index contributed by atoms with van der Waals surface area (Å²) in [6.07, 6.45) is -3.30. The molecule has 1 atom stereocenters. The third kappa shape index (κ3) is 6.45. The van der Waals surface area contributed by atoms with E-state index in [-0.39, 0.29) is 23.6 Å². The number of hydrogen-bond donors (Lipinski definition) is 3. The maximum Gasteiger partial charge on any atom is 0.417 e. The molecule has 0 radical (unpaired) electrons. The lowest BCUT2D eigenvalue weighted by atomic mass is 10.2. The maximum absolute atomic E-state index is 12.7. The van der Waals surface area contributed by atoms with E-state index in [1.165, 1.54) is 13.2 Å². The van der Waals surface area contributed by atoms with Crippen LogP contribution in [0.15, 0.2) is 36.8 Å². The number of pyridine rings is 2. The molecule has 0 aliphatic carbocycles. The molecule has 2 aromatic rings. The van der Waals surface area contributed by atoms with Crippen molar-refractivity contribution in [2.45, 2.75) is 18.9 Å². The van der Waals surface area contributed by atoms with Crippen LogP contribution in [0.25, 0.3) is 0 Å². The number of carbonyl (C=O) groups is 3. The highest BCUT2D eigenvalue weighted by Crippen LogP contribution is 2.28. The van der Waals surface area contributed by atoms with Gasteiger partial charge >= 0.3 is 18.0 Å². The summed E-state index contributed by atoms with van der Waals surface area (Å²) in [5, 5.41) is 12.4. The number of anilines is 1. The smallest absolute Gasteiger partial charge is 0.380 e. The lowest BCUT2D eigenvalue weighted by Crippen LogP contribution is -2.47. The standard InChI is InChI=1S/C18H18F3N5O5/c1-31-9-14(27)26(8-12-3-2-11(6-24-12)18(19,20)21)17(30)16(29)25-13-4-10(15(22)28)5-23-7-13/h2-7,14,27H,8-9H2,1H3,(H2,22,28)(H,25,29)/t14-/m1/s1. The van der Waals surface area contributed by atoms with Gasteiger partial charge in [0.1, 0.15) is 0 Å². The predicted octanol–water partition coefficient (Wildman–Crippen LogP) is 0.526. The van der Waals surface area contributed by atoms with Crippen LogP contribution in [0, 0.1) is 0 Å². The number of aliphatic hydroxyl groups excluding tert-OH is 1. The van der Waals surface area contributed by atoms with Gasteiger partial charge in [-0.3, -0.25) is 24.4 Å². The van der Waals surface area contributed by atoms with Crippen molar-refractivity contribution in [3.05, 3.63) is 53.6 Å². The third-order valence-corrected chi connectivity index (χ3v) is 3.90. The summed E-state index contributed by atoms with van der Waals surface area (Å²) in [4.78, 5) is 44.1. The van der Waals surface area contributed by atoms with Crippen molar-refractivity contribution >= 4 is 23.4 Å². The fourth-order valence-corrected chi connectivity index (χ4v) is 2.37. The number of halogens is 3. The Morgan fingerprint density at radius 1 is 1.26 bits per heavy atom. The van der Waals surface area contributed by atoms with Gasteiger partial charge in [-0.15, -0.1) is 0 Å². The zero-order valence-corrected chi connectivity index (χ0v) is 16.1. The van der Waals surface area contributed by atoms with Crippen molar-refractivity contribution in [1.29, 1.82) is 0 Å². The minimum atomic E-state index is -4.59. The fourth-order valence-electron chi connectivity index (χ4n) is 2.37. The van der Waals surface area contributed by atoms with Gasteiger partial charge in [-0.1, -0.05) is 0 Å². The van der Waals surface area contributed by atoms with Crippen molar-refractivity contribution in [1.82, 2.24) is 14.9 Å². The van der Waals surface area contributed by atoms with Crippen LogP contribution in [0.3, 0.4) is 0 Å². The molecule has 0 aromatic carbocycles. The van der Waals surface area contributed by atoms with Crippen molar-refractivity contribution < 1.29 is 37.4 Å². The topological polar surface area (TPSA) is 148 Å². The molecule has 31 heavy (non-hydrogen) atoms. The molecular weight excluding hydrogens is 423 g/mol. The van der Waals surface area contributed by atoms with E-state index in [0.717, 1.165) is 24.5 Å². The molecule has 0 aliphatic rings. The van der Waals surface area contributed by atoms with Crippen molar-refractivity contribution in [3.63, 3.8) is 0 Å². The average molecular weight is 441 g/mol. The van der Waals surface area contributed by atoms with E-state index in [4.69, 9.17) is 10.5 Å². The number of aliphatic hydroxyl groups is 1. The quantitative estimate of drug-likeness (QED) is 0.419. The van der Waals surface area contributed by atoms with Crippen LogP contribution >= 0.6 is 0 Å². The van der Waals surface area contributed by atoms with Crippen LogP contribution in [0.4, 0.5) is 18.9 Å². The summed E-state index contributed by atoms with van der Waals surface area (Å²) in [6.45, 7) is -0.854. The number of hydrogen-bond acceptors (Lipinski definition) is 7. The second kappa shape index (κ2) is 9.95. The van der Waals surface area contributed by atoms with Gasteiger partial charge in [-0.05, 0) is 18.2 Å². The van der Waals surface area contributed by atoms with Gasteiger partial charge in [0.15, 0.2) is 6.23 Å². The van der Waals surface area contributed by atoms with Crippen molar-refractivity contribution in [2.24, 2.45) is 5.73 Å². The normalized spacial score (nSPS) is 12.2. The van der Waals surface area contributed by atoms with Crippen molar-refractivity contribution in [3.8, 4) is 0 Å². The zero-order chi connectivity index (χ0) is 23.2. The lowest BCUT2D eigenvalue weighted by molar-refractivity contribution is -0.154. The van der Waals surface area contributed by atoms with Crippen LogP contribution in [0.2, 0.25) is 0 Å². The van der Waals surface area contributed by atoms with Gasteiger partial charge in [0.25, 0.3) is 0 Å². The van der Waals surface area contributed by atoms with E-state index in [9.17, 15) is 32.7 Å². The minimum Gasteiger partial charge on any atom is -0.380 e. The number of methoxy groups -OCH3 is 1. The summed E-state index contributed by atoms with van der Waals surface area (Å²) in [6, 6.07) is 2.96. The molecule has 0 unspecified atom stereocenters. The average Bonchev–Trinajstić information content (AvgIpc) is 2.71. The highest BCUT2D eigenvalue weighted by molar-refractivity contribution is 6.39. The first kappa shape index (κ1) is 23.7. The van der Waals surface area contributed by atoms with Gasteiger partial charge < -0.3 is 25.8 Å². The number of rotatable bonds is 7. The Hall–Kier alpha value is -3.58. The van der Waals surface area contributed by atoms with Gasteiger partial charge in [0.2, 0.25) is 5.91 Å². The molecule has 0 saturated heterocycles. The first-order valence-corrected chi connectivity index (χ1v) is 8.59. The number of primary amides is 1. The van der Waals surface area contributed by atoms with Crippen molar-refractivity contribution in [2.75, 3.05) is 19.0 Å². The number of carbonyl (C=O) groups excluding carboxylic acids is 3. The molecule has 0 bridgehead atoms. The SMILES string of the molecule is COC[C@@H](O)N(Cc1ccc(C(F)(F)F)cn1)C(=O)C(=O)Nc1cncc(C(N)=O)c1. The predicted molar refractivity (Wildman–Crippen MR) is 99.1 cm³/mol. The highest BCUT2D eigenvalue weighted by atomic mass is 19.4. The maximum atomic E-state index is 12.7. The van der Waals surface area contributed by atoms with E-state index >= 15 is 0 Å². The Bertz CT molecular complexity index is 952. The van der Waals surface area contributed by atoms with E-state index < -0.39 is 42.2 Å². The van der Waals surface area contributed by atoms with Crippen LogP contribution in [0.5, 0.6) is 0 Å². The second-order valence-corrected chi connectivity index (χ2v) is 6.19. The first-order chi connectivity index (χ1) is 14.5. The van der Waals surface area contributed by atoms with Gasteiger partial charge in [0, 0.05) is 19.5 Å². The first-order valence-electron chi connectivity index (χ1n) is 8.59. The molecular formula is C18H18F3N5O5. The molecule has 166 valence electrons. The number of nitrogens with zero attached hydrogens (tertiary/aromatic N) is 3. The van der Waals surface area contributed by atoms with E-state index in [2.05, 4.69) is 15.3 Å². The molecule has 3 amide bonds. The third-order valence-electron chi connectivity index (χ3n) is 3.90. The van der Waals surface area contributed by atoms with Crippen LogP contribution < -0.4 is 11.1 Å². The molecule has 0 aliphatic heterocycles. The fraction of sp³-hybridized carbons (Fsp3) is 0.278. The number of amides is 3. The largest absolute Gasteiger partial charge is 0.417 e. The van der Waals surface area contributed by atoms with E-state index in [1.807, 2.05) is 0 Å². The molecule has 0 saturated carbocycles. The Labute approximate surface area is 173 Å². The molecule has 4 N–H and O–H groups in total. The number of nitrogens with two attached hydrogens (primary N) is 1. The van der Waals surface area contributed by atoms with Gasteiger partial charge in [-0.2, -0.15) is 13.2 Å². The number of nitrogens with one attached hydrogen (secondary N) is 1. The molecule has 0 fully saturated rings. The Kier molecular flexibility index (Phi) is 7.61. The van der Waals surface area contributed by atoms with Gasteiger partial charge in [-0.25, -0.2) is 0 Å². The molecule has 10 nitrogen and oxygen atoms in total. The molecule has 2 rings (SSSR count). The van der Waals surface area contributed by atoms with E-state index in [0.29, 0.717) is 11.1 Å². The van der Waals surface area contributed by atoms with E-state index in [1.54, 1.807) is 0 Å². The number of aromatic nitrogens is 2. The summed E-state index contributed by atoms with van der Waals surface area (Å²) in [7, 11) is 1.24. The Morgan fingerprint density at radius 3 is 2.52 bits per heavy atom.